The Kier molecular flexibility index (Phi) is 3.61. The molecule has 1 fully saturated rings. The Morgan fingerprint density at radius 1 is 1.57 bits per heavy atom. The summed E-state index contributed by atoms with van der Waals surface area (Å²) in [6.07, 6.45) is 1.52. The summed E-state index contributed by atoms with van der Waals surface area (Å²) >= 11 is 1.49. The van der Waals surface area contributed by atoms with E-state index in [4.69, 9.17) is 0 Å². The summed E-state index contributed by atoms with van der Waals surface area (Å²) in [7, 11) is 0. The van der Waals surface area contributed by atoms with Crippen molar-refractivity contribution in [2.75, 3.05) is 13.1 Å². The van der Waals surface area contributed by atoms with Gasteiger partial charge in [0.25, 0.3) is 5.56 Å². The van der Waals surface area contributed by atoms with Crippen LogP contribution in [0.3, 0.4) is 0 Å². The Bertz CT molecular complexity index is 722. The molecule has 0 aromatic carbocycles. The first-order chi connectivity index (χ1) is 9.85. The van der Waals surface area contributed by atoms with Crippen molar-refractivity contribution in [3.63, 3.8) is 0 Å². The molecule has 1 aliphatic rings. The molecule has 6 nitrogen and oxygen atoms in total. The van der Waals surface area contributed by atoms with Crippen LogP contribution in [0.5, 0.6) is 0 Å². The van der Waals surface area contributed by atoms with Gasteiger partial charge in [0.2, 0.25) is 0 Å². The van der Waals surface area contributed by atoms with Gasteiger partial charge in [-0.3, -0.25) is 14.1 Å². The standard InChI is InChI=1S/C14H19N3O3S/c1-9-6-17-12(19)5-10(15-13(17)21-9)7-16-4-3-14(2,20)11(18)8-16/h5-6,11,18,20H,3-4,7-8H2,1-2H3/t11-,14-/m0/s1. The molecule has 3 rings (SSSR count). The lowest BCUT2D eigenvalue weighted by Crippen LogP contribution is -2.53. The molecule has 0 amide bonds. The topological polar surface area (TPSA) is 78.1 Å². The van der Waals surface area contributed by atoms with Crippen LogP contribution in [-0.2, 0) is 6.54 Å². The number of aliphatic hydroxyl groups is 2. The van der Waals surface area contributed by atoms with Gasteiger partial charge in [0.05, 0.1) is 17.4 Å². The maximum atomic E-state index is 12.0. The van der Waals surface area contributed by atoms with Gasteiger partial charge in [0.1, 0.15) is 0 Å². The van der Waals surface area contributed by atoms with E-state index in [0.717, 1.165) is 4.88 Å². The number of piperidine rings is 1. The zero-order valence-corrected chi connectivity index (χ0v) is 12.9. The molecule has 7 heteroatoms. The van der Waals surface area contributed by atoms with Crippen molar-refractivity contribution < 1.29 is 10.2 Å². The lowest BCUT2D eigenvalue weighted by molar-refractivity contribution is -0.108. The van der Waals surface area contributed by atoms with Gasteiger partial charge >= 0.3 is 0 Å². The van der Waals surface area contributed by atoms with Crippen LogP contribution in [0.25, 0.3) is 4.96 Å². The minimum atomic E-state index is -1.03. The Balaban J connectivity index is 1.81. The molecule has 2 aromatic heterocycles. The number of hydrogen-bond acceptors (Lipinski definition) is 6. The fourth-order valence-corrected chi connectivity index (χ4v) is 3.45. The Morgan fingerprint density at radius 2 is 2.33 bits per heavy atom. The maximum Gasteiger partial charge on any atom is 0.258 e. The van der Waals surface area contributed by atoms with Gasteiger partial charge in [-0.2, -0.15) is 0 Å². The predicted octanol–water partition coefficient (Wildman–Crippen LogP) is 0.382. The SMILES string of the molecule is Cc1cn2c(=O)cc(CN3CC[C@](C)(O)[C@@H](O)C3)nc2s1. The highest BCUT2D eigenvalue weighted by molar-refractivity contribution is 7.16. The van der Waals surface area contributed by atoms with Crippen LogP contribution in [0.15, 0.2) is 17.1 Å². The highest BCUT2D eigenvalue weighted by Crippen LogP contribution is 2.23. The number of aryl methyl sites for hydroxylation is 1. The smallest absolute Gasteiger partial charge is 0.258 e. The molecule has 0 aliphatic carbocycles. The van der Waals surface area contributed by atoms with Crippen LogP contribution in [0.4, 0.5) is 0 Å². The minimum Gasteiger partial charge on any atom is -0.389 e. The number of fused-ring (bicyclic) bond motifs is 1. The maximum absolute atomic E-state index is 12.0. The number of β-amino-alcohol motifs (C(OH)–C–C–N with tert-alkyl or cyclic N) is 1. The van der Waals surface area contributed by atoms with Gasteiger partial charge in [-0.25, -0.2) is 4.98 Å². The number of thiazole rings is 1. The number of hydrogen-bond donors (Lipinski definition) is 2. The average molecular weight is 309 g/mol. The van der Waals surface area contributed by atoms with Gasteiger partial charge < -0.3 is 10.2 Å². The van der Waals surface area contributed by atoms with E-state index in [0.29, 0.717) is 36.7 Å². The second-order valence-corrected chi connectivity index (χ2v) is 7.15. The second kappa shape index (κ2) is 5.17. The van der Waals surface area contributed by atoms with Crippen LogP contribution in [0, 0.1) is 6.92 Å². The van der Waals surface area contributed by atoms with Gasteiger partial charge in [-0.05, 0) is 20.3 Å². The highest BCUT2D eigenvalue weighted by Gasteiger charge is 2.36. The van der Waals surface area contributed by atoms with Crippen LogP contribution in [0.1, 0.15) is 23.9 Å². The summed E-state index contributed by atoms with van der Waals surface area (Å²) in [6.45, 7) is 5.17. The van der Waals surface area contributed by atoms with Crippen molar-refractivity contribution in [1.29, 1.82) is 0 Å². The molecule has 0 spiro atoms. The first-order valence-electron chi connectivity index (χ1n) is 6.97. The van der Waals surface area contributed by atoms with Crippen molar-refractivity contribution in [1.82, 2.24) is 14.3 Å². The van der Waals surface area contributed by atoms with Gasteiger partial charge in [-0.15, -0.1) is 11.3 Å². The fraction of sp³-hybridized carbons (Fsp3) is 0.571. The summed E-state index contributed by atoms with van der Waals surface area (Å²) in [5, 5.41) is 19.9. The van der Waals surface area contributed by atoms with Crippen molar-refractivity contribution in [2.24, 2.45) is 0 Å². The molecule has 3 heterocycles. The molecule has 21 heavy (non-hydrogen) atoms. The third-order valence-corrected chi connectivity index (χ3v) is 4.90. The molecule has 2 aromatic rings. The minimum absolute atomic E-state index is 0.0797. The number of aliphatic hydroxyl groups excluding tert-OH is 1. The Morgan fingerprint density at radius 3 is 3.05 bits per heavy atom. The predicted molar refractivity (Wildman–Crippen MR) is 80.6 cm³/mol. The van der Waals surface area contributed by atoms with Crippen molar-refractivity contribution >= 4 is 16.3 Å². The second-order valence-electron chi connectivity index (χ2n) is 5.94. The molecule has 0 saturated carbocycles. The van der Waals surface area contributed by atoms with E-state index in [1.807, 2.05) is 11.8 Å². The van der Waals surface area contributed by atoms with Gasteiger partial charge in [-0.1, -0.05) is 0 Å². The van der Waals surface area contributed by atoms with Gasteiger partial charge in [0.15, 0.2) is 4.96 Å². The zero-order chi connectivity index (χ0) is 15.2. The summed E-state index contributed by atoms with van der Waals surface area (Å²) in [5.74, 6) is 0. The molecule has 0 bridgehead atoms. The van der Waals surface area contributed by atoms with Crippen LogP contribution >= 0.6 is 11.3 Å². The monoisotopic (exact) mass is 309 g/mol. The quantitative estimate of drug-likeness (QED) is 0.839. The van der Waals surface area contributed by atoms with Crippen LogP contribution in [-0.4, -0.2) is 49.3 Å². The first kappa shape index (κ1) is 14.6. The normalized spacial score (nSPS) is 27.3. The van der Waals surface area contributed by atoms with Crippen LogP contribution in [0.2, 0.25) is 0 Å². The lowest BCUT2D eigenvalue weighted by Gasteiger charge is -2.39. The van der Waals surface area contributed by atoms with E-state index in [1.165, 1.54) is 17.4 Å². The number of aromatic nitrogens is 2. The van der Waals surface area contributed by atoms with Gasteiger partial charge in [0, 0.05) is 36.8 Å². The van der Waals surface area contributed by atoms with E-state index in [1.54, 1.807) is 17.5 Å². The average Bonchev–Trinajstić information content (AvgIpc) is 2.75. The highest BCUT2D eigenvalue weighted by atomic mass is 32.1. The molecule has 2 N–H and O–H groups in total. The van der Waals surface area contributed by atoms with Crippen molar-refractivity contribution in [2.45, 2.75) is 38.5 Å². The van der Waals surface area contributed by atoms with E-state index in [-0.39, 0.29) is 5.56 Å². The van der Waals surface area contributed by atoms with E-state index in [2.05, 4.69) is 4.98 Å². The molecule has 0 unspecified atom stereocenters. The largest absolute Gasteiger partial charge is 0.389 e. The number of likely N-dealkylation sites (tertiary alicyclic amines) is 1. The van der Waals surface area contributed by atoms with E-state index >= 15 is 0 Å². The Hall–Kier alpha value is -1.28. The molecular weight excluding hydrogens is 290 g/mol. The van der Waals surface area contributed by atoms with E-state index in [9.17, 15) is 15.0 Å². The zero-order valence-electron chi connectivity index (χ0n) is 12.1. The molecular formula is C14H19N3O3S. The third-order valence-electron chi connectivity index (χ3n) is 4.00. The lowest BCUT2D eigenvalue weighted by atomic mass is 9.91. The first-order valence-corrected chi connectivity index (χ1v) is 7.78. The van der Waals surface area contributed by atoms with Crippen molar-refractivity contribution in [3.05, 3.63) is 33.2 Å². The summed E-state index contributed by atoms with van der Waals surface area (Å²) in [6, 6.07) is 1.54. The number of nitrogens with zero attached hydrogens (tertiary/aromatic N) is 3. The fourth-order valence-electron chi connectivity index (χ4n) is 2.60. The molecule has 0 radical (unpaired) electrons. The number of rotatable bonds is 2. The molecule has 1 aliphatic heterocycles. The van der Waals surface area contributed by atoms with Crippen molar-refractivity contribution in [3.8, 4) is 0 Å². The van der Waals surface area contributed by atoms with Crippen LogP contribution < -0.4 is 5.56 Å². The molecule has 2 atom stereocenters. The molecule has 114 valence electrons. The summed E-state index contributed by atoms with van der Waals surface area (Å²) in [5.41, 5.74) is -0.405. The third kappa shape index (κ3) is 2.87. The molecule has 1 saturated heterocycles. The summed E-state index contributed by atoms with van der Waals surface area (Å²) in [4.78, 5) is 20.3. The van der Waals surface area contributed by atoms with E-state index < -0.39 is 11.7 Å². The summed E-state index contributed by atoms with van der Waals surface area (Å²) < 4.78 is 1.55. The Labute approximate surface area is 126 Å².